The van der Waals surface area contributed by atoms with Crippen LogP contribution in [0.4, 0.5) is 0 Å². The lowest BCUT2D eigenvalue weighted by molar-refractivity contribution is 0.0753. The second-order valence-corrected chi connectivity index (χ2v) is 18.7. The van der Waals surface area contributed by atoms with E-state index in [1.54, 1.807) is 0 Å². The fraction of sp³-hybridized carbons (Fsp3) is 0.455. The second kappa shape index (κ2) is 18.9. The molecule has 0 bridgehead atoms. The van der Waals surface area contributed by atoms with Crippen LogP contribution in [0.2, 0.25) is 0 Å². The molecule has 308 valence electrons. The molecule has 2 aliphatic rings. The highest BCUT2D eigenvalue weighted by Crippen LogP contribution is 2.61. The Morgan fingerprint density at radius 1 is 0.491 bits per heavy atom. The average Bonchev–Trinajstić information content (AvgIpc) is 4.08. The third kappa shape index (κ3) is 9.47. The van der Waals surface area contributed by atoms with Crippen LogP contribution in [0.25, 0.3) is 0 Å². The number of hydrogen-bond acceptors (Lipinski definition) is 11. The summed E-state index contributed by atoms with van der Waals surface area (Å²) in [7, 11) is -6.47. The number of benzene rings is 4. The van der Waals surface area contributed by atoms with Gasteiger partial charge in [0.1, 0.15) is 24.7 Å². The molecule has 2 heterocycles. The molecule has 2 aliphatic heterocycles. The van der Waals surface area contributed by atoms with Crippen LogP contribution in [-0.4, -0.2) is 62.1 Å². The summed E-state index contributed by atoms with van der Waals surface area (Å²) in [5, 5.41) is 22.7. The van der Waals surface area contributed by atoms with Crippen molar-refractivity contribution in [1.29, 1.82) is 0 Å². The van der Waals surface area contributed by atoms with E-state index < -0.39 is 26.9 Å². The zero-order valence-electron chi connectivity index (χ0n) is 33.9. The standard InChI is InChI=1S/C44H56O11P2/c1-7-29-13-17-35(39(25-29)54-37-19-15-31(9-3)41-43(37)56(41,47)52-27-33(45)11-5)50-23-21-49-22-24-51-36-18-14-30(8-2)26-40(36)55-38-20-16-32(10-4)42-44(38)57(42,48)53-28-34(46)12-6/h13-20,25-26,33-34,45-46H,7-12,21-24,27-28H2,1-6H3. The Labute approximate surface area is 336 Å². The number of aryl methyl sites for hydroxylation is 4. The minimum atomic E-state index is -3.23. The summed E-state index contributed by atoms with van der Waals surface area (Å²) in [5.41, 5.74) is 4.02. The summed E-state index contributed by atoms with van der Waals surface area (Å²) in [6.07, 6.45) is 2.65. The first-order chi connectivity index (χ1) is 27.5. The topological polar surface area (TPSA) is 139 Å². The van der Waals surface area contributed by atoms with E-state index in [-0.39, 0.29) is 39.6 Å². The Morgan fingerprint density at radius 3 is 1.26 bits per heavy atom. The summed E-state index contributed by atoms with van der Waals surface area (Å²) in [6, 6.07) is 19.0. The lowest BCUT2D eigenvalue weighted by Crippen LogP contribution is -2.13. The minimum Gasteiger partial charge on any atom is -0.487 e. The van der Waals surface area contributed by atoms with Gasteiger partial charge >= 0.3 is 0 Å². The zero-order valence-corrected chi connectivity index (χ0v) is 35.7. The number of ether oxygens (including phenoxy) is 5. The fourth-order valence-electron chi connectivity index (χ4n) is 6.62. The third-order valence-electron chi connectivity index (χ3n) is 10.3. The van der Waals surface area contributed by atoms with Crippen molar-refractivity contribution in [1.82, 2.24) is 0 Å². The van der Waals surface area contributed by atoms with Gasteiger partial charge in [-0.1, -0.05) is 65.8 Å². The molecule has 0 fully saturated rings. The van der Waals surface area contributed by atoms with E-state index in [0.717, 1.165) is 35.1 Å². The molecule has 0 amide bonds. The van der Waals surface area contributed by atoms with Crippen LogP contribution in [-0.2, 0) is 48.6 Å². The molecule has 0 radical (unpaired) electrons. The van der Waals surface area contributed by atoms with E-state index in [2.05, 4.69) is 13.8 Å². The van der Waals surface area contributed by atoms with Crippen LogP contribution in [0.5, 0.6) is 34.5 Å². The van der Waals surface area contributed by atoms with Crippen LogP contribution in [0, 0.1) is 0 Å². The molecule has 6 rings (SSSR count). The van der Waals surface area contributed by atoms with Gasteiger partial charge < -0.3 is 42.9 Å². The van der Waals surface area contributed by atoms with Gasteiger partial charge in [-0.3, -0.25) is 9.13 Å². The van der Waals surface area contributed by atoms with Gasteiger partial charge in [-0.15, -0.1) is 0 Å². The molecule has 4 atom stereocenters. The largest absolute Gasteiger partial charge is 0.487 e. The van der Waals surface area contributed by atoms with Crippen molar-refractivity contribution in [3.63, 3.8) is 0 Å². The van der Waals surface area contributed by atoms with Crippen molar-refractivity contribution in [2.45, 2.75) is 92.3 Å². The van der Waals surface area contributed by atoms with Crippen molar-refractivity contribution >= 4 is 36.0 Å². The number of aliphatic hydroxyl groups is 2. The molecule has 0 aliphatic carbocycles. The van der Waals surface area contributed by atoms with Gasteiger partial charge in [0.2, 0.25) is 0 Å². The fourth-order valence-corrected chi connectivity index (χ4v) is 11.8. The van der Waals surface area contributed by atoms with Crippen molar-refractivity contribution in [2.24, 2.45) is 0 Å². The van der Waals surface area contributed by atoms with Crippen molar-refractivity contribution in [2.75, 3.05) is 39.6 Å². The molecule has 4 aromatic carbocycles. The summed E-state index contributed by atoms with van der Waals surface area (Å²) in [6.45, 7) is 12.9. The number of hydrogen-bond donors (Lipinski definition) is 2. The van der Waals surface area contributed by atoms with Crippen molar-refractivity contribution in [3.8, 4) is 34.5 Å². The van der Waals surface area contributed by atoms with Crippen LogP contribution >= 0.6 is 14.7 Å². The summed E-state index contributed by atoms with van der Waals surface area (Å²) >= 11 is 0. The average molecular weight is 823 g/mol. The van der Waals surface area contributed by atoms with E-state index in [1.165, 1.54) is 0 Å². The van der Waals surface area contributed by atoms with Gasteiger partial charge in [-0.05, 0) is 97.2 Å². The zero-order chi connectivity index (χ0) is 40.7. The first-order valence-corrected chi connectivity index (χ1v) is 23.4. The molecule has 57 heavy (non-hydrogen) atoms. The Hall–Kier alpha value is -3.66. The Morgan fingerprint density at radius 2 is 0.895 bits per heavy atom. The molecular weight excluding hydrogens is 766 g/mol. The Kier molecular flexibility index (Phi) is 14.3. The summed E-state index contributed by atoms with van der Waals surface area (Å²) < 4.78 is 70.3. The van der Waals surface area contributed by atoms with E-state index >= 15 is 0 Å². The minimum absolute atomic E-state index is 0.00276. The highest BCUT2D eigenvalue weighted by atomic mass is 31.2. The molecule has 4 unspecified atom stereocenters. The number of fused-ring (bicyclic) bond motifs is 2. The Bertz CT molecular complexity index is 1980. The first-order valence-electron chi connectivity index (χ1n) is 20.2. The maximum absolute atomic E-state index is 13.9. The molecule has 11 nitrogen and oxygen atoms in total. The monoisotopic (exact) mass is 822 g/mol. The van der Waals surface area contributed by atoms with Crippen LogP contribution < -0.4 is 40.2 Å². The summed E-state index contributed by atoms with van der Waals surface area (Å²) in [5.74, 6) is 2.99. The number of rotatable bonds is 24. The normalized spacial score (nSPS) is 18.7. The first kappa shape index (κ1) is 42.9. The molecule has 13 heteroatoms. The third-order valence-corrected chi connectivity index (χ3v) is 15.2. The molecule has 2 N–H and O–H groups in total. The predicted molar refractivity (Wildman–Crippen MR) is 223 cm³/mol. The van der Waals surface area contributed by atoms with Crippen LogP contribution in [0.1, 0.15) is 76.6 Å². The number of aliphatic hydroxyl groups excluding tert-OH is 2. The van der Waals surface area contributed by atoms with Gasteiger partial charge in [-0.25, -0.2) is 0 Å². The van der Waals surface area contributed by atoms with Gasteiger partial charge in [0.15, 0.2) is 23.0 Å². The van der Waals surface area contributed by atoms with Crippen LogP contribution in [0.15, 0.2) is 60.7 Å². The molecule has 0 spiro atoms. The Balaban J connectivity index is 1.05. The van der Waals surface area contributed by atoms with E-state index in [0.29, 0.717) is 81.4 Å². The van der Waals surface area contributed by atoms with E-state index in [1.807, 2.05) is 88.4 Å². The maximum atomic E-state index is 13.9. The quantitative estimate of drug-likeness (QED) is 0.0532. The van der Waals surface area contributed by atoms with E-state index in [9.17, 15) is 19.3 Å². The molecular formula is C44H56O11P2. The second-order valence-electron chi connectivity index (χ2n) is 14.1. The lowest BCUT2D eigenvalue weighted by Gasteiger charge is -2.15. The van der Waals surface area contributed by atoms with E-state index in [4.69, 9.17) is 32.7 Å². The van der Waals surface area contributed by atoms with Crippen LogP contribution in [0.3, 0.4) is 0 Å². The van der Waals surface area contributed by atoms with Gasteiger partial charge in [0.25, 0.3) is 14.7 Å². The predicted octanol–water partition coefficient (Wildman–Crippen LogP) is 7.65. The molecule has 0 saturated heterocycles. The molecule has 0 aromatic heterocycles. The smallest absolute Gasteiger partial charge is 0.267 e. The SMILES string of the molecule is CCc1ccc(OCCOCCOc2ccc(CC)cc2Oc2ccc(CC)c3c2P3(=O)OCC(O)CC)c(Oc2ccc(CC)c3c2P3(=O)OCC(O)CC)c1. The highest BCUT2D eigenvalue weighted by molar-refractivity contribution is 7.86. The maximum Gasteiger partial charge on any atom is 0.267 e. The van der Waals surface area contributed by atoms with Gasteiger partial charge in [0.05, 0.1) is 59.9 Å². The van der Waals surface area contributed by atoms with Gasteiger partial charge in [0, 0.05) is 0 Å². The van der Waals surface area contributed by atoms with Gasteiger partial charge in [-0.2, -0.15) is 0 Å². The highest BCUT2D eigenvalue weighted by Gasteiger charge is 2.54. The molecule has 0 saturated carbocycles. The van der Waals surface area contributed by atoms with Crippen molar-refractivity contribution < 1.29 is 52.1 Å². The van der Waals surface area contributed by atoms with Crippen molar-refractivity contribution in [3.05, 3.63) is 82.9 Å². The lowest BCUT2D eigenvalue weighted by atomic mass is 10.1. The molecule has 4 aromatic rings. The summed E-state index contributed by atoms with van der Waals surface area (Å²) in [4.78, 5) is 0.